The monoisotopic (exact) mass is 243 g/mol. The lowest BCUT2D eigenvalue weighted by Gasteiger charge is -2.34. The SMILES string of the molecule is C=C/C(=C\C)S(=O)(=O)N1CC(C)CC(C)C1. The summed E-state index contributed by atoms with van der Waals surface area (Å²) in [5, 5.41) is 0. The lowest BCUT2D eigenvalue weighted by atomic mass is 9.94. The zero-order valence-corrected chi connectivity index (χ0v) is 11.1. The fraction of sp³-hybridized carbons (Fsp3) is 0.667. The first kappa shape index (κ1) is 13.5. The van der Waals surface area contributed by atoms with Gasteiger partial charge < -0.3 is 0 Å². The molecular weight excluding hydrogens is 222 g/mol. The Morgan fingerprint density at radius 1 is 1.31 bits per heavy atom. The predicted molar refractivity (Wildman–Crippen MR) is 67.4 cm³/mol. The molecule has 2 unspecified atom stereocenters. The molecule has 0 radical (unpaired) electrons. The van der Waals surface area contributed by atoms with Crippen molar-refractivity contribution in [3.63, 3.8) is 0 Å². The molecule has 0 aromatic carbocycles. The second-order valence-electron chi connectivity index (χ2n) is 4.66. The van der Waals surface area contributed by atoms with E-state index in [1.165, 1.54) is 6.08 Å². The Bertz CT molecular complexity index is 374. The van der Waals surface area contributed by atoms with Gasteiger partial charge in [0, 0.05) is 13.1 Å². The van der Waals surface area contributed by atoms with Crippen LogP contribution in [-0.4, -0.2) is 25.8 Å². The van der Waals surface area contributed by atoms with Crippen LogP contribution in [0.15, 0.2) is 23.6 Å². The van der Waals surface area contributed by atoms with E-state index in [4.69, 9.17) is 0 Å². The molecule has 0 saturated carbocycles. The van der Waals surface area contributed by atoms with E-state index in [-0.39, 0.29) is 0 Å². The molecule has 0 bridgehead atoms. The van der Waals surface area contributed by atoms with Crippen LogP contribution in [0.3, 0.4) is 0 Å². The van der Waals surface area contributed by atoms with Crippen LogP contribution in [0.1, 0.15) is 27.2 Å². The third kappa shape index (κ3) is 2.74. The highest BCUT2D eigenvalue weighted by molar-refractivity contribution is 7.93. The first-order valence-corrected chi connectivity index (χ1v) is 7.14. The first-order chi connectivity index (χ1) is 7.41. The van der Waals surface area contributed by atoms with Crippen LogP contribution >= 0.6 is 0 Å². The van der Waals surface area contributed by atoms with Crippen molar-refractivity contribution in [1.82, 2.24) is 4.31 Å². The zero-order chi connectivity index (χ0) is 12.3. The molecule has 1 rings (SSSR count). The maximum Gasteiger partial charge on any atom is 0.242 e. The molecule has 3 nitrogen and oxygen atoms in total. The summed E-state index contributed by atoms with van der Waals surface area (Å²) in [7, 11) is -3.31. The summed E-state index contributed by atoms with van der Waals surface area (Å²) in [6, 6.07) is 0. The number of hydrogen-bond acceptors (Lipinski definition) is 2. The molecule has 0 aliphatic carbocycles. The lowest BCUT2D eigenvalue weighted by Crippen LogP contribution is -2.42. The highest BCUT2D eigenvalue weighted by Crippen LogP contribution is 2.26. The van der Waals surface area contributed by atoms with Gasteiger partial charge in [-0.1, -0.05) is 26.5 Å². The molecular formula is C12H21NO2S. The molecule has 0 aromatic rings. The van der Waals surface area contributed by atoms with Crippen LogP contribution in [0.2, 0.25) is 0 Å². The van der Waals surface area contributed by atoms with Gasteiger partial charge in [0.1, 0.15) is 0 Å². The maximum absolute atomic E-state index is 12.2. The topological polar surface area (TPSA) is 37.4 Å². The minimum absolute atomic E-state index is 0.314. The van der Waals surface area contributed by atoms with Gasteiger partial charge in [0.15, 0.2) is 0 Å². The number of nitrogens with zero attached hydrogens (tertiary/aromatic N) is 1. The Hall–Kier alpha value is -0.610. The number of allylic oxidation sites excluding steroid dienone is 2. The summed E-state index contributed by atoms with van der Waals surface area (Å²) in [5.74, 6) is 0.864. The largest absolute Gasteiger partial charge is 0.242 e. The van der Waals surface area contributed by atoms with Gasteiger partial charge in [0.2, 0.25) is 10.0 Å². The number of rotatable bonds is 3. The smallest absolute Gasteiger partial charge is 0.207 e. The normalized spacial score (nSPS) is 29.1. The fourth-order valence-corrected chi connectivity index (χ4v) is 4.03. The zero-order valence-electron chi connectivity index (χ0n) is 10.3. The van der Waals surface area contributed by atoms with Crippen LogP contribution < -0.4 is 0 Å². The predicted octanol–water partition coefficient (Wildman–Crippen LogP) is 2.38. The molecule has 1 aliphatic heterocycles. The maximum atomic E-state index is 12.2. The van der Waals surface area contributed by atoms with E-state index in [2.05, 4.69) is 20.4 Å². The van der Waals surface area contributed by atoms with Crippen LogP contribution in [0, 0.1) is 11.8 Å². The van der Waals surface area contributed by atoms with E-state index in [1.54, 1.807) is 17.3 Å². The average molecular weight is 243 g/mol. The summed E-state index contributed by atoms with van der Waals surface area (Å²) in [6.07, 6.45) is 4.12. The molecule has 0 aromatic heterocycles. The highest BCUT2D eigenvalue weighted by Gasteiger charge is 2.31. The number of hydrogen-bond donors (Lipinski definition) is 0. The van der Waals surface area contributed by atoms with Crippen LogP contribution in [-0.2, 0) is 10.0 Å². The standard InChI is InChI=1S/C12H21NO2S/c1-5-12(6-2)16(14,15)13-8-10(3)7-11(4)9-13/h5-6,10-11H,1,7-9H2,2-4H3/b12-6+. The lowest BCUT2D eigenvalue weighted by molar-refractivity contribution is 0.224. The molecule has 16 heavy (non-hydrogen) atoms. The minimum atomic E-state index is -3.31. The molecule has 2 atom stereocenters. The van der Waals surface area contributed by atoms with Crippen LogP contribution in [0.4, 0.5) is 0 Å². The first-order valence-electron chi connectivity index (χ1n) is 5.70. The van der Waals surface area contributed by atoms with E-state index in [9.17, 15) is 8.42 Å². The summed E-state index contributed by atoms with van der Waals surface area (Å²) < 4.78 is 26.0. The Balaban J connectivity index is 2.96. The van der Waals surface area contributed by atoms with Crippen molar-refractivity contribution in [2.75, 3.05) is 13.1 Å². The molecule has 1 saturated heterocycles. The second-order valence-corrected chi connectivity index (χ2v) is 6.60. The van der Waals surface area contributed by atoms with Gasteiger partial charge in [0.05, 0.1) is 4.91 Å². The van der Waals surface area contributed by atoms with E-state index in [1.807, 2.05) is 0 Å². The van der Waals surface area contributed by atoms with Gasteiger partial charge in [-0.2, -0.15) is 4.31 Å². The Morgan fingerprint density at radius 3 is 2.19 bits per heavy atom. The van der Waals surface area contributed by atoms with E-state index in [0.29, 0.717) is 29.8 Å². The van der Waals surface area contributed by atoms with Crippen molar-refractivity contribution < 1.29 is 8.42 Å². The molecule has 0 spiro atoms. The molecule has 1 fully saturated rings. The fourth-order valence-electron chi connectivity index (χ4n) is 2.32. The number of piperidine rings is 1. The van der Waals surface area contributed by atoms with Gasteiger partial charge in [-0.05, 0) is 31.3 Å². The van der Waals surface area contributed by atoms with E-state index >= 15 is 0 Å². The minimum Gasteiger partial charge on any atom is -0.207 e. The quantitative estimate of drug-likeness (QED) is 0.714. The van der Waals surface area contributed by atoms with Crippen molar-refractivity contribution in [3.8, 4) is 0 Å². The van der Waals surface area contributed by atoms with Crippen molar-refractivity contribution in [2.45, 2.75) is 27.2 Å². The number of sulfonamides is 1. The van der Waals surface area contributed by atoms with Gasteiger partial charge >= 0.3 is 0 Å². The second kappa shape index (κ2) is 5.15. The van der Waals surface area contributed by atoms with Gasteiger partial charge in [0.25, 0.3) is 0 Å². The third-order valence-electron chi connectivity index (χ3n) is 2.96. The van der Waals surface area contributed by atoms with Crippen molar-refractivity contribution in [1.29, 1.82) is 0 Å². The summed E-state index contributed by atoms with van der Waals surface area (Å²) in [6.45, 7) is 10.7. The molecule has 92 valence electrons. The van der Waals surface area contributed by atoms with Gasteiger partial charge in [-0.3, -0.25) is 0 Å². The molecule has 1 heterocycles. The Labute approximate surface area is 98.9 Å². The molecule has 4 heteroatoms. The Morgan fingerprint density at radius 2 is 1.81 bits per heavy atom. The van der Waals surface area contributed by atoms with E-state index in [0.717, 1.165) is 6.42 Å². The van der Waals surface area contributed by atoms with Crippen LogP contribution in [0.25, 0.3) is 0 Å². The molecule has 1 aliphatic rings. The van der Waals surface area contributed by atoms with Crippen molar-refractivity contribution in [2.24, 2.45) is 11.8 Å². The summed E-state index contributed by atoms with van der Waals surface area (Å²) in [5.41, 5.74) is 0. The van der Waals surface area contributed by atoms with Crippen molar-refractivity contribution in [3.05, 3.63) is 23.6 Å². The van der Waals surface area contributed by atoms with Crippen LogP contribution in [0.5, 0.6) is 0 Å². The van der Waals surface area contributed by atoms with E-state index < -0.39 is 10.0 Å². The van der Waals surface area contributed by atoms with Crippen molar-refractivity contribution >= 4 is 10.0 Å². The third-order valence-corrected chi connectivity index (χ3v) is 4.93. The average Bonchev–Trinajstić information content (AvgIpc) is 2.17. The highest BCUT2D eigenvalue weighted by atomic mass is 32.2. The summed E-state index contributed by atoms with van der Waals surface area (Å²) >= 11 is 0. The molecule has 0 N–H and O–H groups in total. The Kier molecular flexibility index (Phi) is 4.33. The summed E-state index contributed by atoms with van der Waals surface area (Å²) in [4.78, 5) is 0.314. The molecule has 0 amide bonds. The van der Waals surface area contributed by atoms with Gasteiger partial charge in [-0.15, -0.1) is 0 Å². The van der Waals surface area contributed by atoms with Gasteiger partial charge in [-0.25, -0.2) is 8.42 Å².